The van der Waals surface area contributed by atoms with Crippen molar-refractivity contribution in [3.05, 3.63) is 34.9 Å². The quantitative estimate of drug-likeness (QED) is 0.763. The highest BCUT2D eigenvalue weighted by Crippen LogP contribution is 2.21. The van der Waals surface area contributed by atoms with Gasteiger partial charge in [0.25, 0.3) is 0 Å². The van der Waals surface area contributed by atoms with Gasteiger partial charge in [0, 0.05) is 38.1 Å². The lowest BCUT2D eigenvalue weighted by molar-refractivity contribution is -0.132. The van der Waals surface area contributed by atoms with E-state index in [2.05, 4.69) is 11.4 Å². The molecule has 2 heterocycles. The number of carbonyl (C=O) groups excluding carboxylic acids is 2. The number of ketones is 1. The summed E-state index contributed by atoms with van der Waals surface area (Å²) in [6, 6.07) is 6.01. The van der Waals surface area contributed by atoms with Crippen LogP contribution in [-0.4, -0.2) is 54.5 Å². The van der Waals surface area contributed by atoms with E-state index in [1.807, 2.05) is 17.0 Å². The molecule has 2 N–H and O–H groups in total. The Hall–Kier alpha value is -1.72. The molecule has 2 aliphatic heterocycles. The van der Waals surface area contributed by atoms with Crippen LogP contribution in [0.15, 0.2) is 18.2 Å². The van der Waals surface area contributed by atoms with Gasteiger partial charge in [-0.3, -0.25) is 9.59 Å². The minimum absolute atomic E-state index is 0.0634. The predicted octanol–water partition coefficient (Wildman–Crippen LogP) is 1.96. The molecule has 1 aromatic carbocycles. The number of aliphatic hydroxyl groups is 1. The minimum atomic E-state index is 0.0634. The number of carbonyl (C=O) groups is 2. The second-order valence-corrected chi connectivity index (χ2v) is 7.49. The summed E-state index contributed by atoms with van der Waals surface area (Å²) in [6.07, 6.45) is 5.29. The van der Waals surface area contributed by atoms with Crippen molar-refractivity contribution in [1.82, 2.24) is 10.2 Å². The van der Waals surface area contributed by atoms with Gasteiger partial charge in [-0.05, 0) is 68.3 Å². The molecule has 1 amide bonds. The summed E-state index contributed by atoms with van der Waals surface area (Å²) >= 11 is 0. The number of piperidine rings is 1. The third-order valence-corrected chi connectivity index (χ3v) is 5.74. The number of fused-ring (bicyclic) bond motifs is 1. The second-order valence-electron chi connectivity index (χ2n) is 7.49. The van der Waals surface area contributed by atoms with E-state index >= 15 is 0 Å². The van der Waals surface area contributed by atoms with Crippen molar-refractivity contribution < 1.29 is 14.7 Å². The number of aliphatic hydroxyl groups excluding tert-OH is 1. The Morgan fingerprint density at radius 1 is 1.08 bits per heavy atom. The van der Waals surface area contributed by atoms with Crippen LogP contribution < -0.4 is 5.32 Å². The van der Waals surface area contributed by atoms with Crippen LogP contribution in [0.4, 0.5) is 0 Å². The van der Waals surface area contributed by atoms with Crippen molar-refractivity contribution in [3.8, 4) is 0 Å². The molecule has 5 heteroatoms. The summed E-state index contributed by atoms with van der Waals surface area (Å²) in [5.74, 6) is 0.674. The lowest BCUT2D eigenvalue weighted by atomic mass is 9.93. The maximum atomic E-state index is 12.5. The molecule has 0 bridgehead atoms. The summed E-state index contributed by atoms with van der Waals surface area (Å²) in [7, 11) is 0. The number of benzene rings is 1. The molecule has 142 valence electrons. The van der Waals surface area contributed by atoms with Crippen LogP contribution >= 0.6 is 0 Å². The molecule has 0 radical (unpaired) electrons. The zero-order valence-electron chi connectivity index (χ0n) is 15.5. The molecule has 0 aliphatic carbocycles. The van der Waals surface area contributed by atoms with Crippen molar-refractivity contribution in [2.45, 2.75) is 44.9 Å². The van der Waals surface area contributed by atoms with Gasteiger partial charge in [-0.15, -0.1) is 0 Å². The van der Waals surface area contributed by atoms with Gasteiger partial charge in [0.15, 0.2) is 5.78 Å². The summed E-state index contributed by atoms with van der Waals surface area (Å²) in [4.78, 5) is 26.8. The molecular weight excluding hydrogens is 328 g/mol. The highest BCUT2D eigenvalue weighted by Gasteiger charge is 2.23. The summed E-state index contributed by atoms with van der Waals surface area (Å²) in [5, 5.41) is 12.4. The molecule has 26 heavy (non-hydrogen) atoms. The van der Waals surface area contributed by atoms with E-state index in [9.17, 15) is 9.59 Å². The number of Topliss-reactive ketones (excluding diaryl/α,β-unsaturated/α-hetero) is 1. The van der Waals surface area contributed by atoms with E-state index in [4.69, 9.17) is 5.11 Å². The molecule has 1 fully saturated rings. The molecule has 1 saturated heterocycles. The van der Waals surface area contributed by atoms with Gasteiger partial charge in [-0.1, -0.05) is 12.1 Å². The zero-order chi connectivity index (χ0) is 18.4. The van der Waals surface area contributed by atoms with Crippen LogP contribution in [0, 0.1) is 5.92 Å². The van der Waals surface area contributed by atoms with E-state index in [0.29, 0.717) is 12.3 Å². The lowest BCUT2D eigenvalue weighted by Gasteiger charge is -2.31. The topological polar surface area (TPSA) is 69.6 Å². The van der Waals surface area contributed by atoms with E-state index in [-0.39, 0.29) is 24.7 Å². The molecule has 0 atom stereocenters. The summed E-state index contributed by atoms with van der Waals surface area (Å²) < 4.78 is 0. The monoisotopic (exact) mass is 358 g/mol. The number of hydrogen-bond acceptors (Lipinski definition) is 4. The molecule has 2 aliphatic rings. The third-order valence-electron chi connectivity index (χ3n) is 5.74. The van der Waals surface area contributed by atoms with Gasteiger partial charge in [0.1, 0.15) is 0 Å². The van der Waals surface area contributed by atoms with Gasteiger partial charge >= 0.3 is 0 Å². The number of nitrogens with one attached hydrogen (secondary N) is 1. The lowest BCUT2D eigenvalue weighted by Crippen LogP contribution is -2.38. The fraction of sp³-hybridized carbons (Fsp3) is 0.619. The highest BCUT2D eigenvalue weighted by atomic mass is 16.3. The molecule has 0 spiro atoms. The fourth-order valence-corrected chi connectivity index (χ4v) is 4.02. The molecular formula is C21H30N2O3. The average molecular weight is 358 g/mol. The Bertz CT molecular complexity index is 636. The molecule has 1 aromatic rings. The standard InChI is InChI=1S/C21H30N2O3/c24-14-9-16-7-12-23(13-8-16)21(26)4-3-20(25)19-2-1-17-5-10-22-11-6-18(17)15-19/h1-2,15-16,22,24H,3-14H2. The predicted molar refractivity (Wildman–Crippen MR) is 101 cm³/mol. The van der Waals surface area contributed by atoms with Crippen LogP contribution in [0.25, 0.3) is 0 Å². The Kier molecular flexibility index (Phi) is 6.80. The van der Waals surface area contributed by atoms with E-state index in [0.717, 1.165) is 63.8 Å². The van der Waals surface area contributed by atoms with Gasteiger partial charge in [0.05, 0.1) is 0 Å². The van der Waals surface area contributed by atoms with Crippen LogP contribution in [0.2, 0.25) is 0 Å². The molecule has 0 aromatic heterocycles. The number of nitrogens with zero attached hydrogens (tertiary/aromatic N) is 1. The maximum Gasteiger partial charge on any atom is 0.223 e. The van der Waals surface area contributed by atoms with Gasteiger partial charge < -0.3 is 15.3 Å². The van der Waals surface area contributed by atoms with Crippen molar-refractivity contribution in [2.24, 2.45) is 5.92 Å². The Morgan fingerprint density at radius 2 is 1.81 bits per heavy atom. The first-order valence-electron chi connectivity index (χ1n) is 9.91. The zero-order valence-corrected chi connectivity index (χ0v) is 15.5. The van der Waals surface area contributed by atoms with E-state index in [1.165, 1.54) is 11.1 Å². The number of hydrogen-bond donors (Lipinski definition) is 2. The van der Waals surface area contributed by atoms with Crippen LogP contribution in [0.1, 0.15) is 53.6 Å². The normalized spacial score (nSPS) is 18.3. The maximum absolute atomic E-state index is 12.5. The van der Waals surface area contributed by atoms with E-state index in [1.54, 1.807) is 0 Å². The minimum Gasteiger partial charge on any atom is -0.396 e. The van der Waals surface area contributed by atoms with Gasteiger partial charge in [0.2, 0.25) is 5.91 Å². The molecule has 0 unspecified atom stereocenters. The van der Waals surface area contributed by atoms with Crippen LogP contribution in [0.3, 0.4) is 0 Å². The van der Waals surface area contributed by atoms with Crippen molar-refractivity contribution in [3.63, 3.8) is 0 Å². The van der Waals surface area contributed by atoms with E-state index < -0.39 is 0 Å². The number of likely N-dealkylation sites (tertiary alicyclic amines) is 1. The first-order chi connectivity index (χ1) is 12.7. The Morgan fingerprint density at radius 3 is 2.54 bits per heavy atom. The third kappa shape index (κ3) is 4.92. The van der Waals surface area contributed by atoms with Gasteiger partial charge in [-0.2, -0.15) is 0 Å². The number of rotatable bonds is 6. The molecule has 0 saturated carbocycles. The fourth-order valence-electron chi connectivity index (χ4n) is 4.02. The number of amides is 1. The van der Waals surface area contributed by atoms with Gasteiger partial charge in [-0.25, -0.2) is 0 Å². The largest absolute Gasteiger partial charge is 0.396 e. The molecule has 3 rings (SSSR count). The van der Waals surface area contributed by atoms with Crippen LogP contribution in [0.5, 0.6) is 0 Å². The van der Waals surface area contributed by atoms with Crippen LogP contribution in [-0.2, 0) is 17.6 Å². The SMILES string of the molecule is O=C(CCC(=O)N1CCC(CCO)CC1)c1ccc2c(c1)CCNCC2. The Labute approximate surface area is 155 Å². The first kappa shape index (κ1) is 19.1. The molecule has 5 nitrogen and oxygen atoms in total. The highest BCUT2D eigenvalue weighted by molar-refractivity contribution is 5.98. The first-order valence-corrected chi connectivity index (χ1v) is 9.91. The average Bonchev–Trinajstić information content (AvgIpc) is 2.91. The second kappa shape index (κ2) is 9.28. The Balaban J connectivity index is 1.49. The summed E-state index contributed by atoms with van der Waals surface area (Å²) in [6.45, 7) is 3.68. The van der Waals surface area contributed by atoms with Crippen molar-refractivity contribution in [2.75, 3.05) is 32.8 Å². The summed E-state index contributed by atoms with van der Waals surface area (Å²) in [5.41, 5.74) is 3.33. The smallest absolute Gasteiger partial charge is 0.223 e. The van der Waals surface area contributed by atoms with Crippen molar-refractivity contribution >= 4 is 11.7 Å². The van der Waals surface area contributed by atoms with Crippen molar-refractivity contribution in [1.29, 1.82) is 0 Å².